The summed E-state index contributed by atoms with van der Waals surface area (Å²) in [5, 5.41) is 3.58. The normalized spacial score (nSPS) is 21.1. The van der Waals surface area contributed by atoms with Crippen LogP contribution in [0, 0.1) is 6.92 Å². The Bertz CT molecular complexity index is 679. The fraction of sp³-hybridized carbons (Fsp3) is 0.562. The molecule has 7 heteroatoms. The molecule has 0 amide bonds. The molecule has 4 rings (SSSR count). The number of anilines is 2. The van der Waals surface area contributed by atoms with E-state index in [1.165, 1.54) is 17.3 Å². The number of hydrogen-bond donors (Lipinski definition) is 1. The van der Waals surface area contributed by atoms with Gasteiger partial charge in [-0.2, -0.15) is 11.8 Å². The van der Waals surface area contributed by atoms with Crippen LogP contribution in [0.15, 0.2) is 18.6 Å². The number of nitrogens with one attached hydrogen (secondary N) is 1. The number of fused-ring (bicyclic) bond motifs is 1. The number of aromatic nitrogens is 4. The molecule has 1 saturated heterocycles. The van der Waals surface area contributed by atoms with E-state index in [1.54, 1.807) is 6.33 Å². The summed E-state index contributed by atoms with van der Waals surface area (Å²) in [5.74, 6) is 5.53. The molecule has 0 aromatic carbocycles. The van der Waals surface area contributed by atoms with E-state index >= 15 is 0 Å². The van der Waals surface area contributed by atoms with Crippen LogP contribution >= 0.6 is 11.8 Å². The van der Waals surface area contributed by atoms with Gasteiger partial charge in [0.15, 0.2) is 0 Å². The molecule has 1 N–H and O–H groups in total. The van der Waals surface area contributed by atoms with Crippen molar-refractivity contribution in [1.82, 2.24) is 19.5 Å². The molecule has 0 radical (unpaired) electrons. The molecule has 0 bridgehead atoms. The van der Waals surface area contributed by atoms with Crippen LogP contribution in [0.2, 0.25) is 0 Å². The molecule has 6 nitrogen and oxygen atoms in total. The first-order valence-corrected chi connectivity index (χ1v) is 9.37. The Labute approximate surface area is 140 Å². The largest absolute Gasteiger partial charge is 0.365 e. The minimum Gasteiger partial charge on any atom is -0.365 e. The lowest BCUT2D eigenvalue weighted by Gasteiger charge is -2.28. The molecular formula is C16H22N6S. The molecule has 1 unspecified atom stereocenters. The summed E-state index contributed by atoms with van der Waals surface area (Å²) in [6.45, 7) is 5.15. The second kappa shape index (κ2) is 6.39. The highest BCUT2D eigenvalue weighted by molar-refractivity contribution is 7.99. The SMILES string of the molecule is Cc1cn2c(n1)CCC(Nc1cc(N3CCSCC3)ncn1)C2. The number of thioether (sulfide) groups is 1. The van der Waals surface area contributed by atoms with Gasteiger partial charge in [-0.25, -0.2) is 15.0 Å². The standard InChI is InChI=1S/C16H22N6S/c1-12-9-22-10-13(2-3-15(22)19-12)20-14-8-16(18-11-17-14)21-4-6-23-7-5-21/h8-9,11,13H,2-7,10H2,1H3,(H,17,18,20). The third-order valence-electron chi connectivity index (χ3n) is 4.45. The average molecular weight is 330 g/mol. The molecule has 1 fully saturated rings. The molecule has 0 spiro atoms. The van der Waals surface area contributed by atoms with Crippen molar-refractivity contribution in [2.24, 2.45) is 0 Å². The molecule has 0 aliphatic carbocycles. The highest BCUT2D eigenvalue weighted by atomic mass is 32.2. The van der Waals surface area contributed by atoms with E-state index in [4.69, 9.17) is 0 Å². The monoisotopic (exact) mass is 330 g/mol. The van der Waals surface area contributed by atoms with Crippen LogP contribution in [-0.2, 0) is 13.0 Å². The summed E-state index contributed by atoms with van der Waals surface area (Å²) in [5.41, 5.74) is 1.10. The van der Waals surface area contributed by atoms with Gasteiger partial charge in [0.25, 0.3) is 0 Å². The summed E-state index contributed by atoms with van der Waals surface area (Å²) in [4.78, 5) is 15.8. The van der Waals surface area contributed by atoms with Gasteiger partial charge in [0.2, 0.25) is 0 Å². The molecule has 23 heavy (non-hydrogen) atoms. The fourth-order valence-electron chi connectivity index (χ4n) is 3.30. The summed E-state index contributed by atoms with van der Waals surface area (Å²) >= 11 is 2.01. The minimum absolute atomic E-state index is 0.399. The Balaban J connectivity index is 1.45. The van der Waals surface area contributed by atoms with Crippen LogP contribution in [0.25, 0.3) is 0 Å². The topological polar surface area (TPSA) is 58.9 Å². The lowest BCUT2D eigenvalue weighted by atomic mass is 10.1. The number of hydrogen-bond acceptors (Lipinski definition) is 6. The third-order valence-corrected chi connectivity index (χ3v) is 5.40. The van der Waals surface area contributed by atoms with Crippen LogP contribution in [0.3, 0.4) is 0 Å². The van der Waals surface area contributed by atoms with Gasteiger partial charge in [-0.1, -0.05) is 0 Å². The van der Waals surface area contributed by atoms with E-state index in [-0.39, 0.29) is 0 Å². The highest BCUT2D eigenvalue weighted by Crippen LogP contribution is 2.21. The minimum atomic E-state index is 0.399. The second-order valence-corrected chi connectivity index (χ2v) is 7.42. The highest BCUT2D eigenvalue weighted by Gasteiger charge is 2.20. The van der Waals surface area contributed by atoms with Crippen LogP contribution in [0.5, 0.6) is 0 Å². The Morgan fingerprint density at radius 3 is 3.00 bits per heavy atom. The maximum Gasteiger partial charge on any atom is 0.134 e. The molecule has 2 aromatic rings. The van der Waals surface area contributed by atoms with Crippen molar-refractivity contribution in [1.29, 1.82) is 0 Å². The van der Waals surface area contributed by atoms with Gasteiger partial charge < -0.3 is 14.8 Å². The van der Waals surface area contributed by atoms with E-state index in [9.17, 15) is 0 Å². The molecule has 4 heterocycles. The van der Waals surface area contributed by atoms with Gasteiger partial charge in [-0.15, -0.1) is 0 Å². The third kappa shape index (κ3) is 3.29. The van der Waals surface area contributed by atoms with Crippen LogP contribution < -0.4 is 10.2 Å². The molecule has 2 aromatic heterocycles. The number of aryl methyl sites for hydroxylation is 2. The quantitative estimate of drug-likeness (QED) is 0.928. The van der Waals surface area contributed by atoms with E-state index in [0.717, 1.165) is 49.8 Å². The first-order valence-electron chi connectivity index (χ1n) is 8.22. The van der Waals surface area contributed by atoms with Gasteiger partial charge in [0, 0.05) is 55.9 Å². The van der Waals surface area contributed by atoms with E-state index in [1.807, 2.05) is 11.8 Å². The molecule has 2 aliphatic heterocycles. The average Bonchev–Trinajstić information content (AvgIpc) is 2.95. The van der Waals surface area contributed by atoms with Crippen molar-refractivity contribution >= 4 is 23.4 Å². The lowest BCUT2D eigenvalue weighted by molar-refractivity contribution is 0.475. The first-order chi connectivity index (χ1) is 11.3. The Hall–Kier alpha value is -1.76. The van der Waals surface area contributed by atoms with Gasteiger partial charge >= 0.3 is 0 Å². The molecule has 1 atom stereocenters. The van der Waals surface area contributed by atoms with Crippen molar-refractivity contribution in [3.8, 4) is 0 Å². The van der Waals surface area contributed by atoms with Crippen LogP contribution in [0.4, 0.5) is 11.6 Å². The van der Waals surface area contributed by atoms with Crippen molar-refractivity contribution in [2.75, 3.05) is 34.8 Å². The second-order valence-electron chi connectivity index (χ2n) is 6.19. The van der Waals surface area contributed by atoms with Crippen molar-refractivity contribution < 1.29 is 0 Å². The maximum absolute atomic E-state index is 4.57. The zero-order valence-electron chi connectivity index (χ0n) is 13.4. The lowest BCUT2D eigenvalue weighted by Crippen LogP contribution is -2.34. The van der Waals surface area contributed by atoms with Crippen LogP contribution in [-0.4, -0.2) is 50.2 Å². The molecule has 0 saturated carbocycles. The molecule has 2 aliphatic rings. The van der Waals surface area contributed by atoms with Crippen molar-refractivity contribution in [3.05, 3.63) is 30.1 Å². The summed E-state index contributed by atoms with van der Waals surface area (Å²) < 4.78 is 2.26. The van der Waals surface area contributed by atoms with E-state index in [0.29, 0.717) is 6.04 Å². The molecule has 122 valence electrons. The summed E-state index contributed by atoms with van der Waals surface area (Å²) in [6.07, 6.45) is 5.93. The zero-order valence-corrected chi connectivity index (χ0v) is 14.2. The predicted molar refractivity (Wildman–Crippen MR) is 94.3 cm³/mol. The van der Waals surface area contributed by atoms with Crippen LogP contribution in [0.1, 0.15) is 17.9 Å². The zero-order chi connectivity index (χ0) is 15.6. The van der Waals surface area contributed by atoms with E-state index in [2.05, 4.69) is 48.9 Å². The van der Waals surface area contributed by atoms with E-state index < -0.39 is 0 Å². The van der Waals surface area contributed by atoms with Crippen molar-refractivity contribution in [2.45, 2.75) is 32.4 Å². The Morgan fingerprint density at radius 2 is 2.13 bits per heavy atom. The predicted octanol–water partition coefficient (Wildman–Crippen LogP) is 1.96. The van der Waals surface area contributed by atoms with Gasteiger partial charge in [0.1, 0.15) is 23.8 Å². The summed E-state index contributed by atoms with van der Waals surface area (Å²) in [7, 11) is 0. The maximum atomic E-state index is 4.57. The number of imidazole rings is 1. The van der Waals surface area contributed by atoms with Gasteiger partial charge in [-0.3, -0.25) is 0 Å². The van der Waals surface area contributed by atoms with Gasteiger partial charge in [0.05, 0.1) is 5.69 Å². The summed E-state index contributed by atoms with van der Waals surface area (Å²) in [6, 6.07) is 2.49. The number of rotatable bonds is 3. The van der Waals surface area contributed by atoms with Crippen molar-refractivity contribution in [3.63, 3.8) is 0 Å². The van der Waals surface area contributed by atoms with Gasteiger partial charge in [-0.05, 0) is 13.3 Å². The number of nitrogens with zero attached hydrogens (tertiary/aromatic N) is 5. The Morgan fingerprint density at radius 1 is 1.26 bits per heavy atom. The smallest absolute Gasteiger partial charge is 0.134 e. The first kappa shape index (κ1) is 14.8. The fourth-order valence-corrected chi connectivity index (χ4v) is 4.21. The Kier molecular flexibility index (Phi) is 4.11. The molecular weight excluding hydrogens is 308 g/mol.